The molecule has 1 atom stereocenters. The van der Waals surface area contributed by atoms with Gasteiger partial charge in [0.15, 0.2) is 0 Å². The predicted octanol–water partition coefficient (Wildman–Crippen LogP) is 5.52. The first kappa shape index (κ1) is 19.5. The largest absolute Gasteiger partial charge is 0.354 e. The second-order valence-electron chi connectivity index (χ2n) is 5.12. The molecule has 0 saturated carbocycles. The van der Waals surface area contributed by atoms with Gasteiger partial charge in [0.1, 0.15) is 0 Å². The Labute approximate surface area is 161 Å². The highest BCUT2D eigenvalue weighted by molar-refractivity contribution is 8.00. The average molecular weight is 400 g/mol. The first-order valence-corrected chi connectivity index (χ1v) is 10.4. The fourth-order valence-corrected chi connectivity index (χ4v) is 4.50. The SMILES string of the molecule is CC(Sc1ccccc1)C(=O)NCCSCc1c(Cl)cccc1Cl. The molecular weight excluding hydrogens is 381 g/mol. The van der Waals surface area contributed by atoms with Gasteiger partial charge in [-0.15, -0.1) is 11.8 Å². The fraction of sp³-hybridized carbons (Fsp3) is 0.278. The standard InChI is InChI=1S/C18H19Cl2NOS2/c1-13(24-14-6-3-2-4-7-14)18(22)21-10-11-23-12-15-16(19)8-5-9-17(15)20/h2-9,13H,10-12H2,1H3,(H,21,22). The van der Waals surface area contributed by atoms with Gasteiger partial charge in [0.05, 0.1) is 5.25 Å². The maximum absolute atomic E-state index is 12.1. The molecule has 0 saturated heterocycles. The summed E-state index contributed by atoms with van der Waals surface area (Å²) in [4.78, 5) is 13.2. The topological polar surface area (TPSA) is 29.1 Å². The molecule has 0 fully saturated rings. The summed E-state index contributed by atoms with van der Waals surface area (Å²) < 4.78 is 0. The smallest absolute Gasteiger partial charge is 0.233 e. The molecule has 0 heterocycles. The van der Waals surface area contributed by atoms with E-state index in [9.17, 15) is 4.79 Å². The first-order chi connectivity index (χ1) is 11.6. The van der Waals surface area contributed by atoms with Crippen molar-refractivity contribution in [1.29, 1.82) is 0 Å². The zero-order valence-corrected chi connectivity index (χ0v) is 16.4. The summed E-state index contributed by atoms with van der Waals surface area (Å²) in [5, 5.41) is 4.23. The van der Waals surface area contributed by atoms with Crippen LogP contribution >= 0.6 is 46.7 Å². The van der Waals surface area contributed by atoms with E-state index in [1.807, 2.05) is 55.5 Å². The van der Waals surface area contributed by atoms with Crippen LogP contribution in [0.5, 0.6) is 0 Å². The van der Waals surface area contributed by atoms with Crippen LogP contribution in [-0.2, 0) is 10.5 Å². The van der Waals surface area contributed by atoms with E-state index in [0.717, 1.165) is 22.0 Å². The van der Waals surface area contributed by atoms with Gasteiger partial charge in [-0.25, -0.2) is 0 Å². The molecule has 128 valence electrons. The lowest BCUT2D eigenvalue weighted by molar-refractivity contribution is -0.120. The Hall–Kier alpha value is -0.810. The summed E-state index contributed by atoms with van der Waals surface area (Å²) in [5.41, 5.74) is 0.949. The first-order valence-electron chi connectivity index (χ1n) is 7.58. The van der Waals surface area contributed by atoms with Crippen molar-refractivity contribution in [2.24, 2.45) is 0 Å². The second-order valence-corrected chi connectivity index (χ2v) is 8.45. The van der Waals surface area contributed by atoms with Crippen LogP contribution in [0, 0.1) is 0 Å². The van der Waals surface area contributed by atoms with Crippen molar-refractivity contribution < 1.29 is 4.79 Å². The van der Waals surface area contributed by atoms with Crippen molar-refractivity contribution in [3.8, 4) is 0 Å². The molecule has 6 heteroatoms. The lowest BCUT2D eigenvalue weighted by Gasteiger charge is -2.12. The second kappa shape index (κ2) is 10.2. The van der Waals surface area contributed by atoms with Crippen molar-refractivity contribution in [2.45, 2.75) is 22.8 Å². The molecule has 1 amide bonds. The molecule has 0 radical (unpaired) electrons. The van der Waals surface area contributed by atoms with Crippen molar-refractivity contribution in [3.63, 3.8) is 0 Å². The molecule has 1 unspecified atom stereocenters. The molecular formula is C18H19Cl2NOS2. The minimum Gasteiger partial charge on any atom is -0.354 e. The number of hydrogen-bond donors (Lipinski definition) is 1. The van der Waals surface area contributed by atoms with E-state index in [4.69, 9.17) is 23.2 Å². The molecule has 2 aromatic carbocycles. The summed E-state index contributed by atoms with van der Waals surface area (Å²) in [6.07, 6.45) is 0. The predicted molar refractivity (Wildman–Crippen MR) is 107 cm³/mol. The Morgan fingerprint density at radius 2 is 1.75 bits per heavy atom. The summed E-state index contributed by atoms with van der Waals surface area (Å²) in [6, 6.07) is 15.5. The minimum atomic E-state index is -0.115. The zero-order chi connectivity index (χ0) is 17.4. The Bertz CT molecular complexity index is 647. The molecule has 1 N–H and O–H groups in total. The maximum Gasteiger partial charge on any atom is 0.233 e. The molecule has 2 nitrogen and oxygen atoms in total. The third kappa shape index (κ3) is 6.25. The number of carbonyl (C=O) groups excluding carboxylic acids is 1. The van der Waals surface area contributed by atoms with Crippen LogP contribution in [0.2, 0.25) is 10.0 Å². The van der Waals surface area contributed by atoms with Gasteiger partial charge < -0.3 is 5.32 Å². The molecule has 0 aliphatic rings. The van der Waals surface area contributed by atoms with Gasteiger partial charge in [0.25, 0.3) is 0 Å². The molecule has 24 heavy (non-hydrogen) atoms. The van der Waals surface area contributed by atoms with Crippen molar-refractivity contribution in [1.82, 2.24) is 5.32 Å². The number of hydrogen-bond acceptors (Lipinski definition) is 3. The van der Waals surface area contributed by atoms with Gasteiger partial charge in [-0.05, 0) is 36.8 Å². The highest BCUT2D eigenvalue weighted by Gasteiger charge is 2.13. The molecule has 0 aromatic heterocycles. The van der Waals surface area contributed by atoms with Gasteiger partial charge in [0.2, 0.25) is 5.91 Å². The summed E-state index contributed by atoms with van der Waals surface area (Å²) >= 11 is 15.5. The third-order valence-corrected chi connectivity index (χ3v) is 6.08. The van der Waals surface area contributed by atoms with Crippen LogP contribution in [0.4, 0.5) is 0 Å². The number of thioether (sulfide) groups is 2. The van der Waals surface area contributed by atoms with E-state index in [0.29, 0.717) is 16.6 Å². The van der Waals surface area contributed by atoms with Crippen LogP contribution in [0.15, 0.2) is 53.4 Å². The molecule has 0 spiro atoms. The van der Waals surface area contributed by atoms with Crippen molar-refractivity contribution >= 4 is 52.6 Å². The van der Waals surface area contributed by atoms with E-state index in [1.165, 1.54) is 0 Å². The number of amides is 1. The summed E-state index contributed by atoms with van der Waals surface area (Å²) in [7, 11) is 0. The minimum absolute atomic E-state index is 0.0558. The Morgan fingerprint density at radius 1 is 1.08 bits per heavy atom. The van der Waals surface area contributed by atoms with E-state index in [1.54, 1.807) is 23.5 Å². The Morgan fingerprint density at radius 3 is 2.42 bits per heavy atom. The number of rotatable bonds is 8. The highest BCUT2D eigenvalue weighted by Crippen LogP contribution is 2.28. The van der Waals surface area contributed by atoms with Crippen LogP contribution in [0.25, 0.3) is 0 Å². The van der Waals surface area contributed by atoms with Crippen molar-refractivity contribution in [2.75, 3.05) is 12.3 Å². The number of carbonyl (C=O) groups is 1. The lowest BCUT2D eigenvalue weighted by atomic mass is 10.2. The number of nitrogens with one attached hydrogen (secondary N) is 1. The Kier molecular flexibility index (Phi) is 8.33. The van der Waals surface area contributed by atoms with Crippen molar-refractivity contribution in [3.05, 3.63) is 64.1 Å². The van der Waals surface area contributed by atoms with Crippen LogP contribution < -0.4 is 5.32 Å². The molecule has 0 aliphatic heterocycles. The third-order valence-electron chi connectivity index (χ3n) is 3.28. The molecule has 0 aliphatic carbocycles. The Balaban J connectivity index is 1.67. The highest BCUT2D eigenvalue weighted by atomic mass is 35.5. The van der Waals surface area contributed by atoms with E-state index in [-0.39, 0.29) is 11.2 Å². The maximum atomic E-state index is 12.1. The normalized spacial score (nSPS) is 12.0. The van der Waals surface area contributed by atoms with Crippen LogP contribution in [0.1, 0.15) is 12.5 Å². The van der Waals surface area contributed by atoms with Gasteiger partial charge in [-0.1, -0.05) is 47.5 Å². The average Bonchev–Trinajstić information content (AvgIpc) is 2.57. The molecule has 2 aromatic rings. The quantitative estimate of drug-likeness (QED) is 0.467. The van der Waals surface area contributed by atoms with E-state index >= 15 is 0 Å². The van der Waals surface area contributed by atoms with Crippen LogP contribution in [0.3, 0.4) is 0 Å². The monoisotopic (exact) mass is 399 g/mol. The van der Waals surface area contributed by atoms with E-state index in [2.05, 4.69) is 5.32 Å². The lowest BCUT2D eigenvalue weighted by Crippen LogP contribution is -2.32. The van der Waals surface area contributed by atoms with Gasteiger partial charge in [0, 0.05) is 33.0 Å². The van der Waals surface area contributed by atoms with Crippen LogP contribution in [-0.4, -0.2) is 23.5 Å². The summed E-state index contributed by atoms with van der Waals surface area (Å²) in [6.45, 7) is 2.55. The zero-order valence-electron chi connectivity index (χ0n) is 13.3. The number of benzene rings is 2. The van der Waals surface area contributed by atoms with Gasteiger partial charge >= 0.3 is 0 Å². The molecule has 0 bridgehead atoms. The van der Waals surface area contributed by atoms with E-state index < -0.39 is 0 Å². The fourth-order valence-electron chi connectivity index (χ4n) is 1.99. The van der Waals surface area contributed by atoms with Gasteiger partial charge in [-0.3, -0.25) is 4.79 Å². The summed E-state index contributed by atoms with van der Waals surface area (Å²) in [5.74, 6) is 1.61. The number of halogens is 2. The molecule has 2 rings (SSSR count). The van der Waals surface area contributed by atoms with Gasteiger partial charge in [-0.2, -0.15) is 11.8 Å².